The van der Waals surface area contributed by atoms with Crippen molar-refractivity contribution >= 4 is 29.5 Å². The Morgan fingerprint density at radius 1 is 1.03 bits per heavy atom. The van der Waals surface area contributed by atoms with E-state index >= 15 is 0 Å². The lowest BCUT2D eigenvalue weighted by Crippen LogP contribution is -2.38. The van der Waals surface area contributed by atoms with E-state index in [9.17, 15) is 19.2 Å². The Bertz CT molecular complexity index is 993. The van der Waals surface area contributed by atoms with Crippen LogP contribution in [0.25, 0.3) is 0 Å². The number of nitrogens with zero attached hydrogens (tertiary/aromatic N) is 3. The van der Waals surface area contributed by atoms with Crippen molar-refractivity contribution in [2.24, 2.45) is 11.7 Å². The van der Waals surface area contributed by atoms with E-state index in [1.54, 1.807) is 36.4 Å². The Morgan fingerprint density at radius 2 is 1.68 bits per heavy atom. The van der Waals surface area contributed by atoms with E-state index in [1.807, 2.05) is 4.90 Å². The predicted octanol–water partition coefficient (Wildman–Crippen LogP) is 1.24. The van der Waals surface area contributed by atoms with Crippen molar-refractivity contribution in [2.75, 3.05) is 31.1 Å². The fourth-order valence-corrected chi connectivity index (χ4v) is 3.86. The first-order valence-electron chi connectivity index (χ1n) is 10.1. The van der Waals surface area contributed by atoms with Gasteiger partial charge in [0.25, 0.3) is 11.8 Å². The molecule has 1 aromatic heterocycles. The van der Waals surface area contributed by atoms with Crippen LogP contribution in [0, 0.1) is 5.92 Å². The number of carbonyl (C=O) groups excluding carboxylic acids is 4. The number of aromatic nitrogens is 1. The fraction of sp³-hybridized carbons (Fsp3) is 0.318. The predicted molar refractivity (Wildman–Crippen MR) is 110 cm³/mol. The van der Waals surface area contributed by atoms with Gasteiger partial charge in [-0.05, 0) is 37.1 Å². The molecule has 0 saturated carbocycles. The number of primary amides is 1. The zero-order chi connectivity index (χ0) is 22.0. The molecule has 9 nitrogen and oxygen atoms in total. The third-order valence-electron chi connectivity index (χ3n) is 5.62. The molecule has 31 heavy (non-hydrogen) atoms. The molecule has 9 heteroatoms. The van der Waals surface area contributed by atoms with Crippen LogP contribution in [0.1, 0.15) is 43.9 Å². The number of benzene rings is 1. The van der Waals surface area contributed by atoms with Gasteiger partial charge in [0.15, 0.2) is 0 Å². The van der Waals surface area contributed by atoms with E-state index in [2.05, 4.69) is 4.98 Å². The van der Waals surface area contributed by atoms with Gasteiger partial charge in [-0.25, -0.2) is 4.98 Å². The summed E-state index contributed by atoms with van der Waals surface area (Å²) >= 11 is 0. The first-order valence-corrected chi connectivity index (χ1v) is 10.1. The number of esters is 1. The fourth-order valence-electron chi connectivity index (χ4n) is 3.86. The molecule has 0 aliphatic carbocycles. The number of amides is 3. The number of carbonyl (C=O) groups is 4. The molecule has 3 amide bonds. The average molecular weight is 422 g/mol. The summed E-state index contributed by atoms with van der Waals surface area (Å²) < 4.78 is 5.35. The monoisotopic (exact) mass is 422 g/mol. The molecule has 1 fully saturated rings. The summed E-state index contributed by atoms with van der Waals surface area (Å²) in [7, 11) is 0. The zero-order valence-electron chi connectivity index (χ0n) is 16.8. The molecule has 0 radical (unpaired) electrons. The average Bonchev–Trinajstić information content (AvgIpc) is 3.04. The van der Waals surface area contributed by atoms with Gasteiger partial charge in [0.05, 0.1) is 29.2 Å². The van der Waals surface area contributed by atoms with Crippen LogP contribution in [0.4, 0.5) is 5.82 Å². The van der Waals surface area contributed by atoms with Crippen molar-refractivity contribution in [1.29, 1.82) is 0 Å². The molecular formula is C22H22N4O5. The van der Waals surface area contributed by atoms with Crippen LogP contribution in [-0.2, 0) is 9.53 Å². The summed E-state index contributed by atoms with van der Waals surface area (Å²) in [6, 6.07) is 10.0. The zero-order valence-corrected chi connectivity index (χ0v) is 16.8. The first-order chi connectivity index (χ1) is 15.0. The molecule has 3 heterocycles. The van der Waals surface area contributed by atoms with Gasteiger partial charge in [0, 0.05) is 19.3 Å². The summed E-state index contributed by atoms with van der Waals surface area (Å²) in [5.41, 5.74) is 6.33. The normalized spacial score (nSPS) is 16.4. The lowest BCUT2D eigenvalue weighted by molar-refractivity contribution is -0.149. The van der Waals surface area contributed by atoms with Gasteiger partial charge in [0.1, 0.15) is 12.4 Å². The van der Waals surface area contributed by atoms with Gasteiger partial charge >= 0.3 is 5.97 Å². The van der Waals surface area contributed by atoms with Crippen LogP contribution < -0.4 is 10.6 Å². The van der Waals surface area contributed by atoms with Crippen LogP contribution in [0.15, 0.2) is 42.6 Å². The van der Waals surface area contributed by atoms with Crippen LogP contribution >= 0.6 is 0 Å². The second-order valence-electron chi connectivity index (χ2n) is 7.51. The number of hydrogen-bond donors (Lipinski definition) is 1. The minimum atomic E-state index is -0.526. The van der Waals surface area contributed by atoms with Crippen LogP contribution in [0.2, 0.25) is 0 Å². The number of pyridine rings is 1. The number of rotatable bonds is 6. The van der Waals surface area contributed by atoms with Gasteiger partial charge in [0.2, 0.25) is 5.91 Å². The minimum Gasteiger partial charge on any atom is -0.464 e. The van der Waals surface area contributed by atoms with Gasteiger partial charge in [-0.15, -0.1) is 0 Å². The maximum absolute atomic E-state index is 12.4. The van der Waals surface area contributed by atoms with E-state index in [-0.39, 0.29) is 36.9 Å². The van der Waals surface area contributed by atoms with Crippen molar-refractivity contribution < 1.29 is 23.9 Å². The maximum Gasteiger partial charge on any atom is 0.309 e. The number of hydrogen-bond acceptors (Lipinski definition) is 7. The molecule has 160 valence electrons. The lowest BCUT2D eigenvalue weighted by atomic mass is 9.97. The highest BCUT2D eigenvalue weighted by molar-refractivity contribution is 6.21. The highest BCUT2D eigenvalue weighted by atomic mass is 16.5. The van der Waals surface area contributed by atoms with E-state index in [0.717, 1.165) is 10.7 Å². The van der Waals surface area contributed by atoms with E-state index in [1.165, 1.54) is 6.20 Å². The molecule has 0 atom stereocenters. The SMILES string of the molecule is NC(=O)c1ccc(N2CCC(C(=O)OCCN3C(=O)c4ccccc4C3=O)CC2)nc1. The van der Waals surface area contributed by atoms with Crippen LogP contribution in [-0.4, -0.2) is 59.8 Å². The van der Waals surface area contributed by atoms with Crippen molar-refractivity contribution in [3.8, 4) is 0 Å². The Hall–Kier alpha value is -3.75. The molecule has 4 rings (SSSR count). The molecule has 2 N–H and O–H groups in total. The molecule has 2 aromatic rings. The molecule has 0 unspecified atom stereocenters. The molecule has 2 aliphatic rings. The summed E-state index contributed by atoms with van der Waals surface area (Å²) in [5, 5.41) is 0. The minimum absolute atomic E-state index is 0.0271. The number of nitrogens with two attached hydrogens (primary N) is 1. The molecule has 0 bridgehead atoms. The van der Waals surface area contributed by atoms with E-state index in [4.69, 9.17) is 10.5 Å². The summed E-state index contributed by atoms with van der Waals surface area (Å²) in [5.74, 6) is -1.10. The molecule has 1 aromatic carbocycles. The second kappa shape index (κ2) is 8.55. The smallest absolute Gasteiger partial charge is 0.309 e. The van der Waals surface area contributed by atoms with Crippen molar-refractivity contribution in [2.45, 2.75) is 12.8 Å². The summed E-state index contributed by atoms with van der Waals surface area (Å²) in [4.78, 5) is 55.7. The molecule has 1 saturated heterocycles. The highest BCUT2D eigenvalue weighted by Crippen LogP contribution is 2.24. The van der Waals surface area contributed by atoms with Gasteiger partial charge in [-0.2, -0.15) is 0 Å². The highest BCUT2D eigenvalue weighted by Gasteiger charge is 2.35. The molecule has 2 aliphatic heterocycles. The summed E-state index contributed by atoms with van der Waals surface area (Å²) in [6.45, 7) is 1.26. The number of ether oxygens (including phenoxy) is 1. The van der Waals surface area contributed by atoms with Crippen molar-refractivity contribution in [3.63, 3.8) is 0 Å². The van der Waals surface area contributed by atoms with Gasteiger partial charge in [-0.1, -0.05) is 12.1 Å². The van der Waals surface area contributed by atoms with Gasteiger partial charge < -0.3 is 15.4 Å². The van der Waals surface area contributed by atoms with Crippen molar-refractivity contribution in [3.05, 3.63) is 59.3 Å². The topological polar surface area (TPSA) is 123 Å². The molecular weight excluding hydrogens is 400 g/mol. The number of anilines is 1. The third kappa shape index (κ3) is 4.11. The quantitative estimate of drug-likeness (QED) is 0.549. The molecule has 0 spiro atoms. The number of piperidine rings is 1. The third-order valence-corrected chi connectivity index (χ3v) is 5.62. The standard InChI is InChI=1S/C22H22N4O5/c23-19(27)15-5-6-18(24-13-15)25-9-7-14(8-10-25)22(30)31-12-11-26-20(28)16-3-1-2-4-17(16)21(26)29/h1-6,13-14H,7-12H2,(H2,23,27). The van der Waals surface area contributed by atoms with Crippen LogP contribution in [0.5, 0.6) is 0 Å². The van der Waals surface area contributed by atoms with E-state index < -0.39 is 5.91 Å². The van der Waals surface area contributed by atoms with E-state index in [0.29, 0.717) is 42.6 Å². The lowest BCUT2D eigenvalue weighted by Gasteiger charge is -2.31. The Labute approximate surface area is 178 Å². The van der Waals surface area contributed by atoms with Crippen molar-refractivity contribution in [1.82, 2.24) is 9.88 Å². The Balaban J connectivity index is 1.24. The number of fused-ring (bicyclic) bond motifs is 1. The summed E-state index contributed by atoms with van der Waals surface area (Å²) in [6.07, 6.45) is 2.65. The maximum atomic E-state index is 12.4. The Kier molecular flexibility index (Phi) is 5.66. The first kappa shape index (κ1) is 20.5. The Morgan fingerprint density at radius 3 is 2.23 bits per heavy atom. The van der Waals surface area contributed by atoms with Gasteiger partial charge in [-0.3, -0.25) is 24.1 Å². The number of imide groups is 1. The second-order valence-corrected chi connectivity index (χ2v) is 7.51. The van der Waals surface area contributed by atoms with Crippen LogP contribution in [0.3, 0.4) is 0 Å². The largest absolute Gasteiger partial charge is 0.464 e.